The SMILES string of the molecule is O=C(NCc1cncc(Br)c1)C1CC(F)CN1S(=O)(=O)c1ccc(F)cc1. The van der Waals surface area contributed by atoms with E-state index in [9.17, 15) is 22.0 Å². The first-order valence-corrected chi connectivity index (χ1v) is 10.3. The van der Waals surface area contributed by atoms with Gasteiger partial charge in [-0.25, -0.2) is 17.2 Å². The van der Waals surface area contributed by atoms with Crippen molar-refractivity contribution >= 4 is 31.9 Å². The number of pyridine rings is 1. The van der Waals surface area contributed by atoms with Crippen LogP contribution in [-0.2, 0) is 21.4 Å². The van der Waals surface area contributed by atoms with Gasteiger partial charge >= 0.3 is 0 Å². The van der Waals surface area contributed by atoms with Crippen LogP contribution < -0.4 is 5.32 Å². The molecular formula is C17H16BrF2N3O3S. The Morgan fingerprint density at radius 3 is 2.67 bits per heavy atom. The van der Waals surface area contributed by atoms with Crippen LogP contribution in [0.1, 0.15) is 12.0 Å². The number of amides is 1. The van der Waals surface area contributed by atoms with Crippen LogP contribution >= 0.6 is 15.9 Å². The predicted octanol–water partition coefficient (Wildman–Crippen LogP) is 2.40. The molecule has 144 valence electrons. The van der Waals surface area contributed by atoms with Crippen molar-refractivity contribution in [3.8, 4) is 0 Å². The minimum atomic E-state index is -4.13. The number of nitrogens with zero attached hydrogens (tertiary/aromatic N) is 2. The van der Waals surface area contributed by atoms with Gasteiger partial charge in [-0.05, 0) is 51.8 Å². The van der Waals surface area contributed by atoms with Crippen molar-refractivity contribution < 1.29 is 22.0 Å². The Bertz CT molecular complexity index is 941. The highest BCUT2D eigenvalue weighted by Crippen LogP contribution is 2.28. The highest BCUT2D eigenvalue weighted by atomic mass is 79.9. The summed E-state index contributed by atoms with van der Waals surface area (Å²) in [5.74, 6) is -1.18. The third kappa shape index (κ3) is 4.50. The zero-order valence-corrected chi connectivity index (χ0v) is 16.4. The quantitative estimate of drug-likeness (QED) is 0.744. The number of aromatic nitrogens is 1. The van der Waals surface area contributed by atoms with E-state index in [-0.39, 0.29) is 17.9 Å². The molecule has 1 aromatic heterocycles. The van der Waals surface area contributed by atoms with Gasteiger partial charge in [0.15, 0.2) is 0 Å². The highest BCUT2D eigenvalue weighted by molar-refractivity contribution is 9.10. The van der Waals surface area contributed by atoms with Crippen LogP contribution in [0.2, 0.25) is 0 Å². The Morgan fingerprint density at radius 2 is 2.00 bits per heavy atom. The number of halogens is 3. The predicted molar refractivity (Wildman–Crippen MR) is 97.4 cm³/mol. The number of carbonyl (C=O) groups excluding carboxylic acids is 1. The molecular weight excluding hydrogens is 444 g/mol. The Morgan fingerprint density at radius 1 is 1.30 bits per heavy atom. The van der Waals surface area contributed by atoms with Crippen molar-refractivity contribution in [3.63, 3.8) is 0 Å². The van der Waals surface area contributed by atoms with Crippen LogP contribution in [-0.4, -0.2) is 42.4 Å². The summed E-state index contributed by atoms with van der Waals surface area (Å²) in [5, 5.41) is 2.62. The molecule has 1 saturated heterocycles. The van der Waals surface area contributed by atoms with Crippen LogP contribution in [0.3, 0.4) is 0 Å². The van der Waals surface area contributed by atoms with Gasteiger partial charge in [0.1, 0.15) is 18.0 Å². The zero-order valence-electron chi connectivity index (χ0n) is 14.0. The topological polar surface area (TPSA) is 79.4 Å². The third-order valence-electron chi connectivity index (χ3n) is 4.16. The average molecular weight is 460 g/mol. The van der Waals surface area contributed by atoms with E-state index in [0.717, 1.165) is 33.0 Å². The molecule has 0 radical (unpaired) electrons. The number of alkyl halides is 1. The van der Waals surface area contributed by atoms with Crippen LogP contribution in [0.4, 0.5) is 8.78 Å². The van der Waals surface area contributed by atoms with E-state index in [1.165, 1.54) is 0 Å². The molecule has 1 aliphatic heterocycles. The van der Waals surface area contributed by atoms with Gasteiger partial charge in [0, 0.05) is 36.4 Å². The maximum absolute atomic E-state index is 13.9. The summed E-state index contributed by atoms with van der Waals surface area (Å²) >= 11 is 3.27. The van der Waals surface area contributed by atoms with Gasteiger partial charge in [-0.1, -0.05) is 0 Å². The Kier molecular flexibility index (Phi) is 5.87. The van der Waals surface area contributed by atoms with Crippen LogP contribution in [0.5, 0.6) is 0 Å². The van der Waals surface area contributed by atoms with Crippen LogP contribution in [0.25, 0.3) is 0 Å². The molecule has 2 aromatic rings. The molecule has 2 atom stereocenters. The van der Waals surface area contributed by atoms with E-state index in [2.05, 4.69) is 26.2 Å². The minimum absolute atomic E-state index is 0.128. The number of sulfonamides is 1. The second-order valence-corrected chi connectivity index (χ2v) is 8.91. The fourth-order valence-corrected chi connectivity index (χ4v) is 4.90. The lowest BCUT2D eigenvalue weighted by molar-refractivity contribution is -0.124. The summed E-state index contributed by atoms with van der Waals surface area (Å²) in [6.45, 7) is -0.292. The molecule has 27 heavy (non-hydrogen) atoms. The molecule has 1 aliphatic rings. The molecule has 6 nitrogen and oxygen atoms in total. The summed E-state index contributed by atoms with van der Waals surface area (Å²) in [5.41, 5.74) is 0.709. The minimum Gasteiger partial charge on any atom is -0.351 e. The molecule has 3 rings (SSSR count). The van der Waals surface area contributed by atoms with E-state index >= 15 is 0 Å². The van der Waals surface area contributed by atoms with E-state index in [1.54, 1.807) is 18.5 Å². The number of nitrogens with one attached hydrogen (secondary N) is 1. The Labute approximate surface area is 163 Å². The van der Waals surface area contributed by atoms with E-state index in [4.69, 9.17) is 0 Å². The monoisotopic (exact) mass is 459 g/mol. The Hall–Kier alpha value is -1.91. The van der Waals surface area contributed by atoms with Crippen molar-refractivity contribution in [1.29, 1.82) is 0 Å². The molecule has 10 heteroatoms. The number of benzene rings is 1. The molecule has 1 N–H and O–H groups in total. The molecule has 1 amide bonds. The lowest BCUT2D eigenvalue weighted by Gasteiger charge is -2.23. The second-order valence-electron chi connectivity index (χ2n) is 6.11. The largest absolute Gasteiger partial charge is 0.351 e. The number of carbonyl (C=O) groups is 1. The fourth-order valence-electron chi connectivity index (χ4n) is 2.86. The second kappa shape index (κ2) is 7.99. The molecule has 1 fully saturated rings. The first kappa shape index (κ1) is 19.8. The smallest absolute Gasteiger partial charge is 0.243 e. The molecule has 0 saturated carbocycles. The lowest BCUT2D eigenvalue weighted by Crippen LogP contribution is -2.45. The van der Waals surface area contributed by atoms with E-state index in [1.807, 2.05) is 0 Å². The maximum Gasteiger partial charge on any atom is 0.243 e. The molecule has 1 aromatic carbocycles. The van der Waals surface area contributed by atoms with E-state index < -0.39 is 40.5 Å². The van der Waals surface area contributed by atoms with Gasteiger partial charge in [-0.3, -0.25) is 9.78 Å². The van der Waals surface area contributed by atoms with Crippen LogP contribution in [0.15, 0.2) is 52.1 Å². The summed E-state index contributed by atoms with van der Waals surface area (Å²) in [7, 11) is -4.13. The number of hydrogen-bond donors (Lipinski definition) is 1. The summed E-state index contributed by atoms with van der Waals surface area (Å²) in [4.78, 5) is 16.3. The third-order valence-corrected chi connectivity index (χ3v) is 6.48. The van der Waals surface area contributed by atoms with Gasteiger partial charge in [0.05, 0.1) is 4.90 Å². The Balaban J connectivity index is 1.77. The first-order chi connectivity index (χ1) is 12.8. The fraction of sp³-hybridized carbons (Fsp3) is 0.294. The van der Waals surface area contributed by atoms with Crippen molar-refractivity contribution in [2.24, 2.45) is 0 Å². The average Bonchev–Trinajstić information content (AvgIpc) is 3.03. The van der Waals surface area contributed by atoms with Crippen molar-refractivity contribution in [3.05, 3.63) is 58.6 Å². The number of hydrogen-bond acceptors (Lipinski definition) is 4. The summed E-state index contributed by atoms with van der Waals surface area (Å²) in [6.07, 6.45) is 1.46. The summed E-state index contributed by atoms with van der Waals surface area (Å²) < 4.78 is 54.1. The molecule has 2 heterocycles. The summed E-state index contributed by atoms with van der Waals surface area (Å²) in [6, 6.07) is 4.79. The lowest BCUT2D eigenvalue weighted by atomic mass is 10.2. The first-order valence-electron chi connectivity index (χ1n) is 8.06. The van der Waals surface area contributed by atoms with Crippen molar-refractivity contribution in [2.45, 2.75) is 30.1 Å². The molecule has 0 bridgehead atoms. The zero-order chi connectivity index (χ0) is 19.6. The van der Waals surface area contributed by atoms with E-state index in [0.29, 0.717) is 5.56 Å². The van der Waals surface area contributed by atoms with Crippen LogP contribution in [0, 0.1) is 5.82 Å². The van der Waals surface area contributed by atoms with Gasteiger partial charge < -0.3 is 5.32 Å². The van der Waals surface area contributed by atoms with Crippen molar-refractivity contribution in [2.75, 3.05) is 6.54 Å². The normalized spacial score (nSPS) is 20.6. The van der Waals surface area contributed by atoms with Crippen molar-refractivity contribution in [1.82, 2.24) is 14.6 Å². The van der Waals surface area contributed by atoms with Gasteiger partial charge in [0.2, 0.25) is 15.9 Å². The molecule has 0 aliphatic carbocycles. The maximum atomic E-state index is 13.9. The van der Waals surface area contributed by atoms with Gasteiger partial charge in [0.25, 0.3) is 0 Å². The highest BCUT2D eigenvalue weighted by Gasteiger charge is 2.44. The number of rotatable bonds is 5. The van der Waals surface area contributed by atoms with Gasteiger partial charge in [-0.2, -0.15) is 4.31 Å². The molecule has 2 unspecified atom stereocenters. The standard InChI is InChI=1S/C17H16BrF2N3O3S/c18-12-5-11(7-21-9-12)8-22-17(24)16-6-14(20)10-23(16)27(25,26)15-3-1-13(19)2-4-15/h1-5,7,9,14,16H,6,8,10H2,(H,22,24). The van der Waals surface area contributed by atoms with Gasteiger partial charge in [-0.15, -0.1) is 0 Å². The molecule has 0 spiro atoms.